The number of para-hydroxylation sites is 1. The summed E-state index contributed by atoms with van der Waals surface area (Å²) in [6.07, 6.45) is 0. The highest BCUT2D eigenvalue weighted by molar-refractivity contribution is 7.25. The van der Waals surface area contributed by atoms with E-state index < -0.39 is 5.41 Å². The van der Waals surface area contributed by atoms with E-state index in [2.05, 4.69) is 205 Å². The number of hydrogen-bond acceptors (Lipinski definition) is 2. The lowest BCUT2D eigenvalue weighted by molar-refractivity contribution is 0.776. The van der Waals surface area contributed by atoms with E-state index in [1.54, 1.807) is 0 Å². The maximum atomic E-state index is 2.54. The first-order valence-electron chi connectivity index (χ1n) is 19.0. The summed E-state index contributed by atoms with van der Waals surface area (Å²) >= 11 is 1.90. The van der Waals surface area contributed by atoms with Crippen molar-refractivity contribution in [1.82, 2.24) is 0 Å². The van der Waals surface area contributed by atoms with Crippen LogP contribution in [0.1, 0.15) is 22.3 Å². The fraction of sp³-hybridized carbons (Fsp3) is 0.0189. The van der Waals surface area contributed by atoms with Gasteiger partial charge in [-0.05, 0) is 110 Å². The molecule has 0 aliphatic heterocycles. The van der Waals surface area contributed by atoms with Crippen molar-refractivity contribution in [2.75, 3.05) is 4.90 Å². The third-order valence-corrected chi connectivity index (χ3v) is 13.2. The van der Waals surface area contributed by atoms with Crippen LogP contribution in [-0.2, 0) is 5.41 Å². The standard InChI is InChI=1S/C53H33NS/c1-2-17-35(18-3-1)54(50-27-14-16-34-15-4-5-19-37(34)50)36-29-30-48-43(31-36)39-21-7-6-20-38(39)40-22-8-11-25-46(40)53(48)47-26-12-9-23-41(47)44-33-52-45(32-49(44)53)42-24-10-13-28-51(42)55-52/h1-33H. The topological polar surface area (TPSA) is 3.24 Å². The number of fused-ring (bicyclic) bond motifs is 16. The molecular weight excluding hydrogens is 683 g/mol. The molecule has 12 rings (SSSR count). The largest absolute Gasteiger partial charge is 0.310 e. The smallest absolute Gasteiger partial charge is 0.0725 e. The molecule has 0 saturated carbocycles. The molecule has 1 heterocycles. The second-order valence-electron chi connectivity index (χ2n) is 14.8. The Kier molecular flexibility index (Phi) is 6.49. The molecule has 0 bridgehead atoms. The zero-order valence-electron chi connectivity index (χ0n) is 29.9. The van der Waals surface area contributed by atoms with Gasteiger partial charge >= 0.3 is 0 Å². The van der Waals surface area contributed by atoms with Gasteiger partial charge in [0.05, 0.1) is 11.1 Å². The van der Waals surface area contributed by atoms with Crippen molar-refractivity contribution in [1.29, 1.82) is 0 Å². The van der Waals surface area contributed by atoms with Crippen LogP contribution in [-0.4, -0.2) is 0 Å². The van der Waals surface area contributed by atoms with Gasteiger partial charge in [-0.3, -0.25) is 0 Å². The predicted octanol–water partition coefficient (Wildman–Crippen LogP) is 14.7. The van der Waals surface area contributed by atoms with Crippen molar-refractivity contribution >= 4 is 59.3 Å². The van der Waals surface area contributed by atoms with Gasteiger partial charge in [0, 0.05) is 36.9 Å². The molecule has 1 atom stereocenters. The van der Waals surface area contributed by atoms with Gasteiger partial charge in [0.15, 0.2) is 0 Å². The molecule has 0 fully saturated rings. The summed E-state index contributed by atoms with van der Waals surface area (Å²) in [6.45, 7) is 0. The quantitative estimate of drug-likeness (QED) is 0.176. The molecule has 1 spiro atoms. The van der Waals surface area contributed by atoms with E-state index in [4.69, 9.17) is 0 Å². The Morgan fingerprint density at radius 3 is 1.71 bits per heavy atom. The van der Waals surface area contributed by atoms with Crippen molar-refractivity contribution in [3.8, 4) is 33.4 Å². The lowest BCUT2D eigenvalue weighted by Gasteiger charge is -2.36. The van der Waals surface area contributed by atoms with Crippen LogP contribution in [0.25, 0.3) is 64.3 Å². The van der Waals surface area contributed by atoms with Gasteiger partial charge < -0.3 is 4.90 Å². The van der Waals surface area contributed by atoms with E-state index in [9.17, 15) is 0 Å². The van der Waals surface area contributed by atoms with Crippen molar-refractivity contribution in [2.24, 2.45) is 0 Å². The lowest BCUT2D eigenvalue weighted by atomic mass is 9.65. The molecule has 9 aromatic carbocycles. The molecular formula is C53H33NS. The Bertz CT molecular complexity index is 3170. The first kappa shape index (κ1) is 30.7. The van der Waals surface area contributed by atoms with Crippen LogP contribution >= 0.6 is 11.3 Å². The zero-order chi connectivity index (χ0) is 36.1. The van der Waals surface area contributed by atoms with Gasteiger partial charge in [0.2, 0.25) is 0 Å². The minimum Gasteiger partial charge on any atom is -0.310 e. The highest BCUT2D eigenvalue weighted by atomic mass is 32.1. The molecule has 1 nitrogen and oxygen atoms in total. The number of anilines is 3. The zero-order valence-corrected chi connectivity index (χ0v) is 30.7. The molecule has 0 saturated heterocycles. The Hall–Kier alpha value is -6.74. The van der Waals surface area contributed by atoms with Crippen molar-refractivity contribution in [3.63, 3.8) is 0 Å². The summed E-state index contributed by atoms with van der Waals surface area (Å²) in [6, 6.07) is 74.8. The van der Waals surface area contributed by atoms with E-state index in [-0.39, 0.29) is 0 Å². The molecule has 0 amide bonds. The average molecular weight is 716 g/mol. The maximum Gasteiger partial charge on any atom is 0.0725 e. The fourth-order valence-corrected chi connectivity index (χ4v) is 11.0. The van der Waals surface area contributed by atoms with E-state index >= 15 is 0 Å². The summed E-state index contributed by atoms with van der Waals surface area (Å²) in [5, 5.41) is 5.10. The molecule has 2 aliphatic rings. The normalized spacial score (nSPS) is 15.0. The van der Waals surface area contributed by atoms with Crippen LogP contribution in [0.4, 0.5) is 17.1 Å². The van der Waals surface area contributed by atoms with Gasteiger partial charge in [-0.1, -0.05) is 152 Å². The number of rotatable bonds is 3. The maximum absolute atomic E-state index is 2.54. The van der Waals surface area contributed by atoms with Crippen LogP contribution in [0.15, 0.2) is 200 Å². The van der Waals surface area contributed by atoms with Crippen molar-refractivity contribution < 1.29 is 0 Å². The summed E-state index contributed by atoms with van der Waals surface area (Å²) in [5.74, 6) is 0. The Balaban J connectivity index is 1.22. The minimum atomic E-state index is -0.552. The molecule has 2 heteroatoms. The number of nitrogens with zero attached hydrogens (tertiary/aromatic N) is 1. The first-order chi connectivity index (χ1) is 27.3. The summed E-state index contributed by atoms with van der Waals surface area (Å²) in [5.41, 5.74) is 15.9. The van der Waals surface area contributed by atoms with Crippen molar-refractivity contribution in [2.45, 2.75) is 5.41 Å². The van der Waals surface area contributed by atoms with E-state index in [0.29, 0.717) is 0 Å². The highest BCUT2D eigenvalue weighted by Crippen LogP contribution is 2.63. The van der Waals surface area contributed by atoms with Gasteiger partial charge in [0.25, 0.3) is 0 Å². The van der Waals surface area contributed by atoms with Crippen LogP contribution < -0.4 is 4.90 Å². The second-order valence-corrected chi connectivity index (χ2v) is 15.9. The van der Waals surface area contributed by atoms with Gasteiger partial charge in [-0.15, -0.1) is 11.3 Å². The van der Waals surface area contributed by atoms with E-state index in [0.717, 1.165) is 17.1 Å². The monoisotopic (exact) mass is 715 g/mol. The van der Waals surface area contributed by atoms with Crippen LogP contribution in [0.5, 0.6) is 0 Å². The van der Waals surface area contributed by atoms with Crippen LogP contribution in [0, 0.1) is 0 Å². The highest BCUT2D eigenvalue weighted by Gasteiger charge is 2.50. The van der Waals surface area contributed by atoms with E-state index in [1.165, 1.54) is 86.6 Å². The average Bonchev–Trinajstić information content (AvgIpc) is 3.73. The third kappa shape index (κ3) is 4.23. The molecule has 55 heavy (non-hydrogen) atoms. The molecule has 2 aliphatic carbocycles. The second kappa shape index (κ2) is 11.6. The number of hydrogen-bond donors (Lipinski definition) is 0. The predicted molar refractivity (Wildman–Crippen MR) is 233 cm³/mol. The molecule has 0 radical (unpaired) electrons. The first-order valence-corrected chi connectivity index (χ1v) is 19.8. The Morgan fingerprint density at radius 1 is 0.327 bits per heavy atom. The van der Waals surface area contributed by atoms with Gasteiger partial charge in [-0.25, -0.2) is 0 Å². The number of benzene rings is 9. The van der Waals surface area contributed by atoms with Gasteiger partial charge in [-0.2, -0.15) is 0 Å². The summed E-state index contributed by atoms with van der Waals surface area (Å²) in [4.78, 5) is 2.44. The Labute approximate surface area is 324 Å². The lowest BCUT2D eigenvalue weighted by Crippen LogP contribution is -2.29. The molecule has 1 unspecified atom stereocenters. The SMILES string of the molecule is c1ccc(N(c2ccc3c(c2)-c2ccccc2-c2ccccc2C32c3ccccc3-c3cc4sc5ccccc5c4cc32)c2cccc3ccccc23)cc1. The summed E-state index contributed by atoms with van der Waals surface area (Å²) in [7, 11) is 0. The minimum absolute atomic E-state index is 0.552. The summed E-state index contributed by atoms with van der Waals surface area (Å²) < 4.78 is 2.66. The van der Waals surface area contributed by atoms with Crippen LogP contribution in [0.3, 0.4) is 0 Å². The molecule has 0 N–H and O–H groups in total. The Morgan fingerprint density at radius 2 is 0.909 bits per heavy atom. The molecule has 256 valence electrons. The van der Waals surface area contributed by atoms with Crippen molar-refractivity contribution in [3.05, 3.63) is 222 Å². The third-order valence-electron chi connectivity index (χ3n) is 12.1. The molecule has 1 aromatic heterocycles. The number of thiophene rings is 1. The fourth-order valence-electron chi connectivity index (χ4n) is 9.85. The van der Waals surface area contributed by atoms with Gasteiger partial charge in [0.1, 0.15) is 0 Å². The molecule has 10 aromatic rings. The van der Waals surface area contributed by atoms with Crippen LogP contribution in [0.2, 0.25) is 0 Å². The van der Waals surface area contributed by atoms with E-state index in [1.807, 2.05) is 11.3 Å².